The van der Waals surface area contributed by atoms with Crippen molar-refractivity contribution in [2.75, 3.05) is 6.54 Å². The monoisotopic (exact) mass is 424 g/mol. The van der Waals surface area contributed by atoms with Gasteiger partial charge < -0.3 is 19.0 Å². The van der Waals surface area contributed by atoms with Gasteiger partial charge in [0.15, 0.2) is 0 Å². The topological polar surface area (TPSA) is 58.6 Å². The van der Waals surface area contributed by atoms with Crippen LogP contribution in [0.15, 0.2) is 102 Å². The highest BCUT2D eigenvalue weighted by Crippen LogP contribution is 2.29. The molecule has 5 heteroatoms. The van der Waals surface area contributed by atoms with Crippen molar-refractivity contribution in [2.45, 2.75) is 19.2 Å². The van der Waals surface area contributed by atoms with Crippen LogP contribution in [0, 0.1) is 0 Å². The van der Waals surface area contributed by atoms with Gasteiger partial charge in [0.05, 0.1) is 25.5 Å². The first kappa shape index (κ1) is 20.1. The second-order valence-corrected chi connectivity index (χ2v) is 7.93. The molecular formula is C27H24N2O3. The van der Waals surface area contributed by atoms with Crippen molar-refractivity contribution in [2.24, 2.45) is 0 Å². The van der Waals surface area contributed by atoms with Crippen molar-refractivity contribution in [1.82, 2.24) is 9.47 Å². The molecule has 2 aromatic heterocycles. The van der Waals surface area contributed by atoms with E-state index in [0.29, 0.717) is 24.4 Å². The van der Waals surface area contributed by atoms with Crippen molar-refractivity contribution >= 4 is 27.7 Å². The molecular weight excluding hydrogens is 400 g/mol. The van der Waals surface area contributed by atoms with Crippen molar-refractivity contribution in [3.63, 3.8) is 0 Å². The quantitative estimate of drug-likeness (QED) is 0.396. The summed E-state index contributed by atoms with van der Waals surface area (Å²) in [4.78, 5) is 14.8. The summed E-state index contributed by atoms with van der Waals surface area (Å²) in [5.74, 6) is 0.543. The molecule has 32 heavy (non-hydrogen) atoms. The number of hydrogen-bond donors (Lipinski definition) is 1. The number of rotatable bonds is 7. The molecule has 1 amide bonds. The molecule has 3 aromatic carbocycles. The number of hydrogen-bond acceptors (Lipinski definition) is 3. The molecule has 1 N–H and O–H groups in total. The molecule has 0 saturated heterocycles. The molecule has 0 radical (unpaired) electrons. The Morgan fingerprint density at radius 2 is 1.47 bits per heavy atom. The van der Waals surface area contributed by atoms with Crippen LogP contribution in [-0.2, 0) is 13.1 Å². The van der Waals surface area contributed by atoms with Gasteiger partial charge in [0.25, 0.3) is 5.91 Å². The highest BCUT2D eigenvalue weighted by Gasteiger charge is 2.22. The summed E-state index contributed by atoms with van der Waals surface area (Å²) in [5.41, 5.74) is 2.72. The predicted octanol–water partition coefficient (Wildman–Crippen LogP) is 5.09. The molecule has 0 aliphatic heterocycles. The van der Waals surface area contributed by atoms with Gasteiger partial charge in [-0.05, 0) is 36.4 Å². The second-order valence-electron chi connectivity index (χ2n) is 7.93. The van der Waals surface area contributed by atoms with Crippen LogP contribution >= 0.6 is 0 Å². The van der Waals surface area contributed by atoms with Crippen LogP contribution in [0.2, 0.25) is 0 Å². The van der Waals surface area contributed by atoms with Crippen LogP contribution in [0.5, 0.6) is 0 Å². The van der Waals surface area contributed by atoms with E-state index >= 15 is 0 Å². The molecule has 0 aliphatic rings. The normalized spacial score (nSPS) is 12.3. The molecule has 2 heterocycles. The number of amides is 1. The van der Waals surface area contributed by atoms with Crippen LogP contribution in [0.3, 0.4) is 0 Å². The van der Waals surface area contributed by atoms with Crippen molar-refractivity contribution < 1.29 is 14.3 Å². The maximum absolute atomic E-state index is 13.2. The lowest BCUT2D eigenvalue weighted by Crippen LogP contribution is -2.38. The first-order valence-corrected chi connectivity index (χ1v) is 10.7. The maximum atomic E-state index is 13.2. The Bertz CT molecular complexity index is 1290. The van der Waals surface area contributed by atoms with E-state index in [-0.39, 0.29) is 12.5 Å². The zero-order valence-corrected chi connectivity index (χ0v) is 17.6. The molecule has 0 fully saturated rings. The van der Waals surface area contributed by atoms with Crippen molar-refractivity contribution in [3.8, 4) is 0 Å². The molecule has 0 aliphatic carbocycles. The third-order valence-corrected chi connectivity index (χ3v) is 5.74. The zero-order chi connectivity index (χ0) is 21.9. The van der Waals surface area contributed by atoms with Crippen LogP contribution in [-0.4, -0.2) is 33.1 Å². The number of aliphatic hydroxyl groups is 1. The van der Waals surface area contributed by atoms with Gasteiger partial charge in [0.2, 0.25) is 0 Å². The molecule has 5 rings (SSSR count). The van der Waals surface area contributed by atoms with E-state index in [4.69, 9.17) is 4.42 Å². The Morgan fingerprint density at radius 3 is 2.09 bits per heavy atom. The van der Waals surface area contributed by atoms with E-state index in [1.54, 1.807) is 29.4 Å². The average molecular weight is 425 g/mol. The first-order chi connectivity index (χ1) is 15.7. The average Bonchev–Trinajstić information content (AvgIpc) is 3.46. The minimum absolute atomic E-state index is 0.136. The Balaban J connectivity index is 1.43. The molecule has 5 aromatic rings. The Hall–Kier alpha value is -3.83. The molecule has 160 valence electrons. The number of nitrogens with zero attached hydrogens (tertiary/aromatic N) is 2. The van der Waals surface area contributed by atoms with Crippen molar-refractivity contribution in [1.29, 1.82) is 0 Å². The van der Waals surface area contributed by atoms with Crippen molar-refractivity contribution in [3.05, 3.63) is 109 Å². The standard InChI is InChI=1S/C27H24N2O3/c30-21(18-29-25-14-6-4-12-23(25)24-13-5-7-15-26(24)29)17-28(19-22-11-8-16-32-22)27(31)20-9-2-1-3-10-20/h1-16,21,30H,17-19H2/t21-/m0/s1. The molecule has 0 bridgehead atoms. The van der Waals surface area contributed by atoms with Gasteiger partial charge in [0, 0.05) is 33.9 Å². The second kappa shape index (κ2) is 8.73. The van der Waals surface area contributed by atoms with Gasteiger partial charge in [-0.3, -0.25) is 4.79 Å². The van der Waals surface area contributed by atoms with Crippen LogP contribution in [0.25, 0.3) is 21.8 Å². The number of benzene rings is 3. The minimum atomic E-state index is -0.753. The number of fused-ring (bicyclic) bond motifs is 3. The predicted molar refractivity (Wildman–Crippen MR) is 125 cm³/mol. The van der Waals surface area contributed by atoms with E-state index < -0.39 is 6.10 Å². The molecule has 0 unspecified atom stereocenters. The lowest BCUT2D eigenvalue weighted by molar-refractivity contribution is 0.0561. The molecule has 0 spiro atoms. The van der Waals surface area contributed by atoms with Crippen LogP contribution in [0.1, 0.15) is 16.1 Å². The molecule has 1 atom stereocenters. The van der Waals surface area contributed by atoms with Crippen LogP contribution in [0.4, 0.5) is 0 Å². The van der Waals surface area contributed by atoms with Gasteiger partial charge in [-0.25, -0.2) is 0 Å². The number of carbonyl (C=O) groups excluding carboxylic acids is 1. The lowest BCUT2D eigenvalue weighted by atomic mass is 10.2. The lowest BCUT2D eigenvalue weighted by Gasteiger charge is -2.25. The van der Waals surface area contributed by atoms with E-state index in [1.807, 2.05) is 48.5 Å². The largest absolute Gasteiger partial charge is 0.467 e. The summed E-state index contributed by atoms with van der Waals surface area (Å²) < 4.78 is 7.60. The highest BCUT2D eigenvalue weighted by atomic mass is 16.3. The van der Waals surface area contributed by atoms with E-state index in [0.717, 1.165) is 21.8 Å². The molecule has 5 nitrogen and oxygen atoms in total. The fourth-order valence-corrected chi connectivity index (χ4v) is 4.30. The summed E-state index contributed by atoms with van der Waals surface area (Å²) in [6.45, 7) is 0.866. The highest BCUT2D eigenvalue weighted by molar-refractivity contribution is 6.07. The number of para-hydroxylation sites is 2. The number of furan rings is 1. The van der Waals surface area contributed by atoms with Gasteiger partial charge in [-0.2, -0.15) is 0 Å². The minimum Gasteiger partial charge on any atom is -0.467 e. The summed E-state index contributed by atoms with van der Waals surface area (Å²) in [6, 6.07) is 29.2. The smallest absolute Gasteiger partial charge is 0.254 e. The van der Waals surface area contributed by atoms with E-state index in [1.165, 1.54) is 0 Å². The zero-order valence-electron chi connectivity index (χ0n) is 17.6. The van der Waals surface area contributed by atoms with Crippen LogP contribution < -0.4 is 0 Å². The Morgan fingerprint density at radius 1 is 0.844 bits per heavy atom. The van der Waals surface area contributed by atoms with Gasteiger partial charge in [-0.1, -0.05) is 54.6 Å². The summed E-state index contributed by atoms with van der Waals surface area (Å²) in [6.07, 6.45) is 0.839. The molecule has 0 saturated carbocycles. The Labute approximate surface area is 186 Å². The van der Waals surface area contributed by atoms with Gasteiger partial charge in [0.1, 0.15) is 5.76 Å². The maximum Gasteiger partial charge on any atom is 0.254 e. The fourth-order valence-electron chi connectivity index (χ4n) is 4.30. The number of carbonyl (C=O) groups is 1. The first-order valence-electron chi connectivity index (χ1n) is 10.7. The van der Waals surface area contributed by atoms with E-state index in [9.17, 15) is 9.90 Å². The fraction of sp³-hybridized carbons (Fsp3) is 0.148. The Kier molecular flexibility index (Phi) is 5.48. The summed E-state index contributed by atoms with van der Waals surface area (Å²) >= 11 is 0. The SMILES string of the molecule is O=C(c1ccccc1)N(Cc1ccco1)C[C@H](O)Cn1c2ccccc2c2ccccc21. The number of aliphatic hydroxyl groups excluding tert-OH is 1. The summed E-state index contributed by atoms with van der Waals surface area (Å²) in [5, 5.41) is 13.4. The van der Waals surface area contributed by atoms with Gasteiger partial charge >= 0.3 is 0 Å². The number of aromatic nitrogens is 1. The third-order valence-electron chi connectivity index (χ3n) is 5.74. The summed E-state index contributed by atoms with van der Waals surface area (Å²) in [7, 11) is 0. The van der Waals surface area contributed by atoms with Gasteiger partial charge in [-0.15, -0.1) is 0 Å². The van der Waals surface area contributed by atoms with E-state index in [2.05, 4.69) is 28.8 Å². The third kappa shape index (κ3) is 3.90.